The number of sulfonamides is 1. The van der Waals surface area contributed by atoms with E-state index in [4.69, 9.17) is 22.0 Å². The molecule has 2 aliphatic rings. The van der Waals surface area contributed by atoms with Crippen LogP contribution in [0.1, 0.15) is 17.3 Å². The van der Waals surface area contributed by atoms with Crippen molar-refractivity contribution in [2.24, 2.45) is 18.9 Å². The molecule has 2 aliphatic carbocycles. The van der Waals surface area contributed by atoms with Crippen LogP contribution in [0.3, 0.4) is 0 Å². The zero-order valence-electron chi connectivity index (χ0n) is 29.9. The number of alkyl halides is 5. The van der Waals surface area contributed by atoms with Crippen LogP contribution in [0.25, 0.3) is 33.4 Å². The number of rotatable bonds is 12. The van der Waals surface area contributed by atoms with Crippen LogP contribution in [0.15, 0.2) is 78.1 Å². The van der Waals surface area contributed by atoms with Crippen LogP contribution in [0, 0.1) is 40.7 Å². The molecule has 0 unspecified atom stereocenters. The van der Waals surface area contributed by atoms with Crippen LogP contribution in [0.2, 0.25) is 5.02 Å². The SMILES string of the molecule is Cn1nc(NS(C)(=O)=O)c2c(Cl)ccc(-c3ccc(-c4ccccn4)nc3[C@H](Cc3cc(F)cc(F)c3)NC(=O)CNC3=C(C(=N)C(F)(F)F)[C@H]4C#C[C@H]4C3(F)F)c21. The first-order valence-corrected chi connectivity index (χ1v) is 19.3. The monoisotopic (exact) mass is 844 g/mol. The number of hydrogen-bond donors (Lipinski definition) is 4. The fourth-order valence-electron chi connectivity index (χ4n) is 6.99. The maximum absolute atomic E-state index is 15.4. The van der Waals surface area contributed by atoms with Crippen LogP contribution >= 0.6 is 11.6 Å². The Morgan fingerprint density at radius 2 is 1.74 bits per heavy atom. The third kappa shape index (κ3) is 7.68. The molecule has 3 aromatic heterocycles. The van der Waals surface area contributed by atoms with E-state index in [0.29, 0.717) is 22.8 Å². The molecule has 4 N–H and O–H groups in total. The first-order chi connectivity index (χ1) is 27.2. The Morgan fingerprint density at radius 1 is 1.03 bits per heavy atom. The highest BCUT2D eigenvalue weighted by Gasteiger charge is 2.61. The van der Waals surface area contributed by atoms with E-state index in [2.05, 4.69) is 37.3 Å². The smallest absolute Gasteiger partial charge is 0.374 e. The van der Waals surface area contributed by atoms with Crippen molar-refractivity contribution in [2.45, 2.75) is 24.6 Å². The Balaban J connectivity index is 1.35. The zero-order chi connectivity index (χ0) is 41.9. The van der Waals surface area contributed by atoms with Gasteiger partial charge in [0.15, 0.2) is 5.82 Å². The second kappa shape index (κ2) is 14.7. The average Bonchev–Trinajstić information content (AvgIpc) is 3.50. The first-order valence-electron chi connectivity index (χ1n) is 17.1. The number of aromatic nitrogens is 4. The van der Waals surface area contributed by atoms with Crippen molar-refractivity contribution in [3.63, 3.8) is 0 Å². The van der Waals surface area contributed by atoms with Gasteiger partial charge in [0.2, 0.25) is 15.9 Å². The Bertz CT molecular complexity index is 2710. The van der Waals surface area contributed by atoms with E-state index >= 15 is 8.78 Å². The normalized spacial score (nSPS) is 17.6. The van der Waals surface area contributed by atoms with Gasteiger partial charge in [-0.2, -0.15) is 27.1 Å². The van der Waals surface area contributed by atoms with Gasteiger partial charge in [0, 0.05) is 36.0 Å². The highest BCUT2D eigenvalue weighted by Crippen LogP contribution is 2.51. The van der Waals surface area contributed by atoms with E-state index in [1.54, 1.807) is 36.4 Å². The molecule has 0 saturated heterocycles. The average molecular weight is 845 g/mol. The Hall–Kier alpha value is -6.00. The van der Waals surface area contributed by atoms with Gasteiger partial charge in [-0.1, -0.05) is 41.6 Å². The summed E-state index contributed by atoms with van der Waals surface area (Å²) >= 11 is 6.57. The van der Waals surface area contributed by atoms with Crippen molar-refractivity contribution < 1.29 is 43.9 Å². The Labute approximate surface area is 330 Å². The third-order valence-electron chi connectivity index (χ3n) is 9.40. The molecular weight excluding hydrogens is 817 g/mol. The maximum atomic E-state index is 15.4. The highest BCUT2D eigenvalue weighted by atomic mass is 35.5. The summed E-state index contributed by atoms with van der Waals surface area (Å²) in [6, 6.07) is 12.5. The van der Waals surface area contributed by atoms with Gasteiger partial charge in [0.05, 0.1) is 63.5 Å². The van der Waals surface area contributed by atoms with E-state index in [-0.39, 0.29) is 45.2 Å². The van der Waals surface area contributed by atoms with Gasteiger partial charge in [-0.15, -0.1) is 0 Å². The number of allylic oxidation sites excluding steroid dienone is 2. The number of anilines is 1. The molecule has 7 rings (SSSR count). The molecule has 0 spiro atoms. The molecule has 3 atom stereocenters. The van der Waals surface area contributed by atoms with E-state index in [1.807, 2.05) is 0 Å². The molecule has 1 amide bonds. The molecule has 0 bridgehead atoms. The number of aryl methyl sites for hydroxylation is 1. The van der Waals surface area contributed by atoms with Crippen LogP contribution in [-0.2, 0) is 28.3 Å². The van der Waals surface area contributed by atoms with Crippen LogP contribution in [0.4, 0.5) is 36.6 Å². The van der Waals surface area contributed by atoms with Crippen molar-refractivity contribution >= 4 is 50.0 Å². The molecule has 0 saturated carbocycles. The van der Waals surface area contributed by atoms with Gasteiger partial charge in [0.1, 0.15) is 23.3 Å². The lowest BCUT2D eigenvalue weighted by atomic mass is 9.82. The maximum Gasteiger partial charge on any atom is 0.433 e. The molecule has 300 valence electrons. The number of carbonyl (C=O) groups is 1. The molecule has 20 heteroatoms. The minimum absolute atomic E-state index is 0.0212. The van der Waals surface area contributed by atoms with Crippen molar-refractivity contribution in [3.05, 3.63) is 106 Å². The van der Waals surface area contributed by atoms with Crippen molar-refractivity contribution in [1.82, 2.24) is 30.4 Å². The molecule has 0 radical (unpaired) electrons. The molecule has 58 heavy (non-hydrogen) atoms. The summed E-state index contributed by atoms with van der Waals surface area (Å²) in [5, 5.41) is 17.0. The minimum Gasteiger partial charge on any atom is -0.374 e. The fraction of sp³-hybridized carbons (Fsp3) is 0.237. The van der Waals surface area contributed by atoms with Crippen LogP contribution in [0.5, 0.6) is 0 Å². The predicted molar refractivity (Wildman–Crippen MR) is 200 cm³/mol. The lowest BCUT2D eigenvalue weighted by Gasteiger charge is -2.25. The zero-order valence-corrected chi connectivity index (χ0v) is 31.5. The standard InChI is InChI=1S/C38H28ClF7N8O3S/c1-54-33-22(7-10-25(39)31(33)36(52-54)53-58(2,56)57)21-8-11-27(26-5-3-4-12-48-26)51-32(21)28(15-18-13-19(40)16-20(41)14-18)50-29(55)17-49-35-30(34(47)38(44,45)46)23-6-9-24(23)37(35,42)43/h3-5,7-8,10-14,16,23-24,28,47,49H,15,17H2,1-2H3,(H,50,55)(H,52,53)/t23-,24+,28-/m0/s1. The quantitative estimate of drug-likeness (QED) is 0.0618. The fourth-order valence-corrected chi connectivity index (χ4v) is 7.72. The number of nitrogens with zero attached hydrogens (tertiary/aromatic N) is 4. The molecule has 0 fully saturated rings. The number of pyridine rings is 2. The Morgan fingerprint density at radius 3 is 2.36 bits per heavy atom. The summed E-state index contributed by atoms with van der Waals surface area (Å²) in [6.07, 6.45) is -3.24. The van der Waals surface area contributed by atoms with Crippen LogP contribution in [-0.4, -0.2) is 64.7 Å². The van der Waals surface area contributed by atoms with Gasteiger partial charge >= 0.3 is 12.1 Å². The Kier molecular flexibility index (Phi) is 10.2. The van der Waals surface area contributed by atoms with Gasteiger partial charge < -0.3 is 10.6 Å². The molecule has 2 aromatic carbocycles. The summed E-state index contributed by atoms with van der Waals surface area (Å²) in [7, 11) is -2.33. The summed E-state index contributed by atoms with van der Waals surface area (Å²) < 4.78 is 129. The summed E-state index contributed by atoms with van der Waals surface area (Å²) in [6.45, 7) is -1.03. The van der Waals surface area contributed by atoms with Crippen molar-refractivity contribution in [3.8, 4) is 34.4 Å². The van der Waals surface area contributed by atoms with Gasteiger partial charge in [-0.25, -0.2) is 22.2 Å². The lowest BCUT2D eigenvalue weighted by molar-refractivity contribution is -0.121. The van der Waals surface area contributed by atoms with E-state index in [1.165, 1.54) is 24.0 Å². The number of amides is 1. The second-order valence-corrected chi connectivity index (χ2v) is 15.6. The van der Waals surface area contributed by atoms with E-state index in [9.17, 15) is 35.2 Å². The molecule has 11 nitrogen and oxygen atoms in total. The number of halogens is 8. The molecular formula is C38H28ClF7N8O3S. The van der Waals surface area contributed by atoms with Crippen molar-refractivity contribution in [2.75, 3.05) is 17.5 Å². The third-order valence-corrected chi connectivity index (χ3v) is 10.3. The largest absolute Gasteiger partial charge is 0.433 e. The van der Waals surface area contributed by atoms with Gasteiger partial charge in [0.25, 0.3) is 0 Å². The first kappa shape index (κ1) is 40.2. The topological polar surface area (TPSA) is 155 Å². The lowest BCUT2D eigenvalue weighted by Crippen LogP contribution is -2.41. The summed E-state index contributed by atoms with van der Waals surface area (Å²) in [5.41, 5.74) is -2.78. The predicted octanol–water partition coefficient (Wildman–Crippen LogP) is 6.72. The molecule has 5 aromatic rings. The molecule has 0 aliphatic heterocycles. The van der Waals surface area contributed by atoms with E-state index < -0.39 is 81.1 Å². The number of carbonyl (C=O) groups excluding carboxylic acids is 1. The number of benzene rings is 2. The number of nitrogens with one attached hydrogen (secondary N) is 4. The molecule has 3 heterocycles. The number of fused-ring (bicyclic) bond motifs is 2. The summed E-state index contributed by atoms with van der Waals surface area (Å²) in [5.74, 6) is -6.04. The van der Waals surface area contributed by atoms with Crippen LogP contribution < -0.4 is 15.4 Å². The highest BCUT2D eigenvalue weighted by molar-refractivity contribution is 7.92. The van der Waals surface area contributed by atoms with E-state index in [0.717, 1.165) is 18.4 Å². The van der Waals surface area contributed by atoms with Gasteiger partial charge in [-0.05, 0) is 48.4 Å². The van der Waals surface area contributed by atoms with Crippen molar-refractivity contribution in [1.29, 1.82) is 5.41 Å². The second-order valence-electron chi connectivity index (χ2n) is 13.5. The minimum atomic E-state index is -5.29. The number of hydrogen-bond acceptors (Lipinski definition) is 8. The summed E-state index contributed by atoms with van der Waals surface area (Å²) in [4.78, 5) is 23.0. The van der Waals surface area contributed by atoms with Gasteiger partial charge in [-0.3, -0.25) is 24.6 Å².